The molecule has 0 unspecified atom stereocenters. The number of hydrogen-bond acceptors (Lipinski definition) is 5. The highest BCUT2D eigenvalue weighted by Crippen LogP contribution is 2.68. The van der Waals surface area contributed by atoms with E-state index in [0.717, 1.165) is 62.7 Å². The smallest absolute Gasteiger partial charge is 0.344 e. The number of carbonyl (C=O) groups excluding carboxylic acids is 2. The van der Waals surface area contributed by atoms with Gasteiger partial charge in [-0.3, -0.25) is 4.79 Å². The van der Waals surface area contributed by atoms with Crippen LogP contribution in [0.15, 0.2) is 0 Å². The van der Waals surface area contributed by atoms with E-state index in [9.17, 15) is 14.7 Å². The van der Waals surface area contributed by atoms with Gasteiger partial charge in [0, 0.05) is 6.42 Å². The second-order valence-corrected chi connectivity index (χ2v) is 14.2. The molecule has 5 aliphatic rings. The van der Waals surface area contributed by atoms with Crippen molar-refractivity contribution in [2.45, 2.75) is 136 Å². The van der Waals surface area contributed by atoms with E-state index < -0.39 is 5.97 Å². The number of fused-ring (bicyclic) bond motifs is 5. The van der Waals surface area contributed by atoms with Crippen molar-refractivity contribution in [2.75, 3.05) is 6.61 Å². The van der Waals surface area contributed by atoms with Gasteiger partial charge in [-0.05, 0) is 136 Å². The summed E-state index contributed by atoms with van der Waals surface area (Å²) in [6.07, 6.45) is 17.6. The maximum absolute atomic E-state index is 12.5. The first-order valence-electron chi connectivity index (χ1n) is 15.7. The molecule has 0 radical (unpaired) electrons. The minimum Gasteiger partial charge on any atom is -0.460 e. The Balaban J connectivity index is 1.11. The van der Waals surface area contributed by atoms with Crippen molar-refractivity contribution in [3.8, 4) is 0 Å². The third-order valence-corrected chi connectivity index (χ3v) is 12.4. The zero-order chi connectivity index (χ0) is 26.2. The first-order chi connectivity index (χ1) is 17.7. The fraction of sp³-hybridized carbons (Fsp3) is 0.938. The Morgan fingerprint density at radius 3 is 2.38 bits per heavy atom. The van der Waals surface area contributed by atoms with Crippen LogP contribution in [0, 0.1) is 46.3 Å². The number of aliphatic hydroxyl groups excluding tert-OH is 1. The van der Waals surface area contributed by atoms with Crippen molar-refractivity contribution < 1.29 is 24.2 Å². The van der Waals surface area contributed by atoms with Gasteiger partial charge in [-0.15, -0.1) is 0 Å². The summed E-state index contributed by atoms with van der Waals surface area (Å²) in [5, 5.41) is 10.3. The Bertz CT molecular complexity index is 820. The summed E-state index contributed by atoms with van der Waals surface area (Å²) in [5.74, 6) is 3.69. The van der Waals surface area contributed by atoms with Crippen LogP contribution in [-0.4, -0.2) is 35.9 Å². The van der Waals surface area contributed by atoms with Crippen molar-refractivity contribution in [2.24, 2.45) is 46.3 Å². The number of carbonyl (C=O) groups is 2. The van der Waals surface area contributed by atoms with Crippen LogP contribution < -0.4 is 0 Å². The van der Waals surface area contributed by atoms with E-state index in [4.69, 9.17) is 9.47 Å². The molecule has 37 heavy (non-hydrogen) atoms. The molecule has 5 saturated carbocycles. The Hall–Kier alpha value is -1.10. The van der Waals surface area contributed by atoms with Gasteiger partial charge in [-0.25, -0.2) is 4.79 Å². The predicted molar refractivity (Wildman–Crippen MR) is 144 cm³/mol. The molecule has 5 nitrogen and oxygen atoms in total. The molecule has 9 atom stereocenters. The summed E-state index contributed by atoms with van der Waals surface area (Å²) >= 11 is 0. The van der Waals surface area contributed by atoms with Gasteiger partial charge in [0.05, 0.1) is 6.10 Å². The van der Waals surface area contributed by atoms with E-state index in [1.165, 1.54) is 51.4 Å². The molecule has 5 rings (SSSR count). The Kier molecular flexibility index (Phi) is 8.30. The summed E-state index contributed by atoms with van der Waals surface area (Å²) in [6.45, 7) is 7.23. The molecule has 0 aromatic rings. The van der Waals surface area contributed by atoms with E-state index in [1.54, 1.807) is 0 Å². The van der Waals surface area contributed by atoms with Crippen molar-refractivity contribution in [3.63, 3.8) is 0 Å². The zero-order valence-electron chi connectivity index (χ0n) is 23.7. The third-order valence-electron chi connectivity index (χ3n) is 12.4. The molecular formula is C32H52O5. The lowest BCUT2D eigenvalue weighted by Crippen LogP contribution is -2.54. The lowest BCUT2D eigenvalue weighted by Gasteiger charge is -2.61. The largest absolute Gasteiger partial charge is 0.460 e. The highest BCUT2D eigenvalue weighted by Gasteiger charge is 2.60. The minimum absolute atomic E-state index is 0.00784. The normalized spacial score (nSPS) is 42.7. The number of rotatable bonds is 7. The van der Waals surface area contributed by atoms with E-state index in [1.807, 2.05) is 0 Å². The molecule has 0 saturated heterocycles. The summed E-state index contributed by atoms with van der Waals surface area (Å²) < 4.78 is 10.8. The fourth-order valence-electron chi connectivity index (χ4n) is 10.4. The van der Waals surface area contributed by atoms with E-state index in [-0.39, 0.29) is 24.8 Å². The molecule has 5 heteroatoms. The highest BCUT2D eigenvalue weighted by atomic mass is 16.6. The average Bonchev–Trinajstić information content (AvgIpc) is 3.24. The number of esters is 2. The maximum Gasteiger partial charge on any atom is 0.344 e. The summed E-state index contributed by atoms with van der Waals surface area (Å²) in [6, 6.07) is 0. The first kappa shape index (κ1) is 27.5. The van der Waals surface area contributed by atoms with Crippen LogP contribution in [0.25, 0.3) is 0 Å². The van der Waals surface area contributed by atoms with Gasteiger partial charge < -0.3 is 14.6 Å². The molecule has 0 aliphatic heterocycles. The van der Waals surface area contributed by atoms with Crippen LogP contribution in [0.5, 0.6) is 0 Å². The van der Waals surface area contributed by atoms with Gasteiger partial charge >= 0.3 is 11.9 Å². The summed E-state index contributed by atoms with van der Waals surface area (Å²) in [7, 11) is 0. The van der Waals surface area contributed by atoms with Crippen molar-refractivity contribution in [1.82, 2.24) is 0 Å². The molecular weight excluding hydrogens is 464 g/mol. The number of ether oxygens (including phenoxy) is 2. The molecule has 5 aliphatic carbocycles. The third kappa shape index (κ3) is 5.50. The lowest BCUT2D eigenvalue weighted by atomic mass is 9.44. The zero-order valence-corrected chi connectivity index (χ0v) is 23.7. The van der Waals surface area contributed by atoms with Crippen LogP contribution in [0.3, 0.4) is 0 Å². The SMILES string of the molecule is C[C@H](CCC(=O)OCC(=O)OC1CCCCC1)[C@H]1CC[C@H]2[C@@H]3CC[C@@H]4C[C@H](O)CC[C@]4(C)[C@H]3CC[C@]12C. The Labute approximate surface area is 224 Å². The first-order valence-corrected chi connectivity index (χ1v) is 15.7. The molecule has 1 N–H and O–H groups in total. The molecule has 0 aromatic heterocycles. The molecule has 0 heterocycles. The second-order valence-electron chi connectivity index (χ2n) is 14.2. The van der Waals surface area contributed by atoms with Crippen LogP contribution in [0.4, 0.5) is 0 Å². The van der Waals surface area contributed by atoms with E-state index >= 15 is 0 Å². The van der Waals surface area contributed by atoms with Crippen LogP contribution in [0.2, 0.25) is 0 Å². The predicted octanol–water partition coefficient (Wildman–Crippen LogP) is 6.84. The molecule has 210 valence electrons. The van der Waals surface area contributed by atoms with Crippen LogP contribution in [-0.2, 0) is 19.1 Å². The second kappa shape index (κ2) is 11.2. The van der Waals surface area contributed by atoms with Gasteiger partial charge in [0.2, 0.25) is 0 Å². The molecule has 0 aromatic carbocycles. The standard InChI is InChI=1S/C32H52O5/c1-21(9-14-29(34)36-20-30(35)37-24-7-5-4-6-8-24)26-12-13-27-25-11-10-22-19-23(33)15-17-31(22,2)28(25)16-18-32(26,27)3/h21-28,33H,4-20H2,1-3H3/t21-,22-,23-,25+,26-,27+,28+,31+,32-/m1/s1. The quantitative estimate of drug-likeness (QED) is 0.375. The molecule has 0 bridgehead atoms. The number of aliphatic hydroxyl groups is 1. The monoisotopic (exact) mass is 516 g/mol. The molecule has 5 fully saturated rings. The topological polar surface area (TPSA) is 72.8 Å². The van der Waals surface area contributed by atoms with E-state index in [0.29, 0.717) is 35.0 Å². The molecule has 0 amide bonds. The lowest BCUT2D eigenvalue weighted by molar-refractivity contribution is -0.163. The Morgan fingerprint density at radius 1 is 0.865 bits per heavy atom. The van der Waals surface area contributed by atoms with Gasteiger partial charge in [0.15, 0.2) is 6.61 Å². The summed E-state index contributed by atoms with van der Waals surface area (Å²) in [4.78, 5) is 24.5. The number of hydrogen-bond donors (Lipinski definition) is 1. The fourth-order valence-corrected chi connectivity index (χ4v) is 10.4. The van der Waals surface area contributed by atoms with E-state index in [2.05, 4.69) is 20.8 Å². The van der Waals surface area contributed by atoms with Crippen molar-refractivity contribution in [1.29, 1.82) is 0 Å². The van der Waals surface area contributed by atoms with Gasteiger partial charge in [0.25, 0.3) is 0 Å². The summed E-state index contributed by atoms with van der Waals surface area (Å²) in [5.41, 5.74) is 0.806. The van der Waals surface area contributed by atoms with Crippen molar-refractivity contribution >= 4 is 11.9 Å². The van der Waals surface area contributed by atoms with Crippen molar-refractivity contribution in [3.05, 3.63) is 0 Å². The maximum atomic E-state index is 12.5. The highest BCUT2D eigenvalue weighted by molar-refractivity contribution is 5.76. The molecule has 0 spiro atoms. The van der Waals surface area contributed by atoms with Crippen LogP contribution in [0.1, 0.15) is 124 Å². The Morgan fingerprint density at radius 2 is 1.59 bits per heavy atom. The van der Waals surface area contributed by atoms with Crippen LogP contribution >= 0.6 is 0 Å². The van der Waals surface area contributed by atoms with Gasteiger partial charge in [-0.1, -0.05) is 27.2 Å². The van der Waals surface area contributed by atoms with Gasteiger partial charge in [-0.2, -0.15) is 0 Å². The average molecular weight is 517 g/mol. The van der Waals surface area contributed by atoms with Gasteiger partial charge in [0.1, 0.15) is 6.10 Å². The minimum atomic E-state index is -0.396.